The summed E-state index contributed by atoms with van der Waals surface area (Å²) in [7, 11) is 0. The number of amides is 5. The van der Waals surface area contributed by atoms with Gasteiger partial charge in [0.2, 0.25) is 5.91 Å². The Balaban J connectivity index is 1.37. The maximum Gasteiger partial charge on any atom is 0.325 e. The Labute approximate surface area is 182 Å². The number of imide groups is 1. The van der Waals surface area contributed by atoms with Crippen LogP contribution in [0.15, 0.2) is 30.3 Å². The number of hydrogen-bond donors (Lipinski definition) is 1. The number of piperidine rings is 2. The summed E-state index contributed by atoms with van der Waals surface area (Å²) < 4.78 is 0. The van der Waals surface area contributed by atoms with Crippen molar-refractivity contribution in [2.45, 2.75) is 51.1 Å². The van der Waals surface area contributed by atoms with E-state index >= 15 is 0 Å². The normalized spacial score (nSPS) is 21.7. The highest BCUT2D eigenvalue weighted by molar-refractivity contribution is 6.07. The van der Waals surface area contributed by atoms with Crippen molar-refractivity contribution in [2.75, 3.05) is 26.2 Å². The van der Waals surface area contributed by atoms with E-state index < -0.39 is 5.54 Å². The Morgan fingerprint density at radius 2 is 1.58 bits per heavy atom. The average molecular weight is 427 g/mol. The lowest BCUT2D eigenvalue weighted by Gasteiger charge is -2.39. The van der Waals surface area contributed by atoms with Crippen molar-refractivity contribution in [3.05, 3.63) is 35.9 Å². The number of carbonyl (C=O) groups excluding carboxylic acids is 4. The first-order valence-electron chi connectivity index (χ1n) is 11.1. The Morgan fingerprint density at radius 1 is 0.968 bits per heavy atom. The fraction of sp³-hybridized carbons (Fsp3) is 0.565. The topological polar surface area (TPSA) is 90.0 Å². The molecular weight excluding hydrogens is 396 g/mol. The van der Waals surface area contributed by atoms with Crippen molar-refractivity contribution < 1.29 is 19.2 Å². The zero-order valence-corrected chi connectivity index (χ0v) is 18.2. The lowest BCUT2D eigenvalue weighted by Crippen LogP contribution is -2.57. The number of carbonyl (C=O) groups is 4. The van der Waals surface area contributed by atoms with E-state index in [9.17, 15) is 19.2 Å². The van der Waals surface area contributed by atoms with E-state index in [1.165, 1.54) is 4.90 Å². The van der Waals surface area contributed by atoms with Gasteiger partial charge in [-0.25, -0.2) is 4.79 Å². The Morgan fingerprint density at radius 3 is 2.16 bits per heavy atom. The van der Waals surface area contributed by atoms with Gasteiger partial charge in [0.1, 0.15) is 5.54 Å². The van der Waals surface area contributed by atoms with Gasteiger partial charge in [-0.1, -0.05) is 32.0 Å². The van der Waals surface area contributed by atoms with E-state index in [0.717, 1.165) is 0 Å². The fourth-order valence-electron chi connectivity index (χ4n) is 4.88. The number of hydrogen-bond acceptors (Lipinski definition) is 4. The van der Waals surface area contributed by atoms with Crippen molar-refractivity contribution in [1.29, 1.82) is 0 Å². The Bertz CT molecular complexity index is 869. The summed E-state index contributed by atoms with van der Waals surface area (Å²) in [6.45, 7) is 5.71. The maximum atomic E-state index is 13.3. The van der Waals surface area contributed by atoms with Gasteiger partial charge in [-0.3, -0.25) is 19.3 Å². The second-order valence-corrected chi connectivity index (χ2v) is 9.06. The van der Waals surface area contributed by atoms with Crippen LogP contribution in [0.4, 0.5) is 4.79 Å². The first kappa shape index (κ1) is 21.3. The zero-order chi connectivity index (χ0) is 22.2. The predicted octanol–water partition coefficient (Wildman–Crippen LogP) is 1.86. The number of urea groups is 1. The molecule has 3 saturated heterocycles. The van der Waals surface area contributed by atoms with Crippen molar-refractivity contribution in [2.24, 2.45) is 5.92 Å². The van der Waals surface area contributed by atoms with Crippen LogP contribution in [0.3, 0.4) is 0 Å². The molecule has 5 amide bonds. The van der Waals surface area contributed by atoms with Crippen LogP contribution in [0.1, 0.15) is 49.9 Å². The summed E-state index contributed by atoms with van der Waals surface area (Å²) >= 11 is 0. The molecule has 3 aliphatic rings. The highest BCUT2D eigenvalue weighted by atomic mass is 16.2. The van der Waals surface area contributed by atoms with Gasteiger partial charge in [-0.2, -0.15) is 0 Å². The summed E-state index contributed by atoms with van der Waals surface area (Å²) in [4.78, 5) is 55.9. The number of likely N-dealkylation sites (tertiary alicyclic amines) is 2. The molecule has 0 aliphatic carbocycles. The molecule has 1 spiro atoms. The monoisotopic (exact) mass is 426 g/mol. The minimum Gasteiger partial charge on any atom is -0.342 e. The molecule has 8 heteroatoms. The van der Waals surface area contributed by atoms with Crippen molar-refractivity contribution in [1.82, 2.24) is 20.0 Å². The SMILES string of the molecule is CC(C)C(=O)N1CCC2(CC1)NC(=O)N(C1CCN(C(=O)c3ccccc3)CC1)C2=O. The van der Waals surface area contributed by atoms with Crippen LogP contribution in [-0.2, 0) is 9.59 Å². The van der Waals surface area contributed by atoms with Gasteiger partial charge < -0.3 is 15.1 Å². The minimum atomic E-state index is -0.901. The molecule has 3 aliphatic heterocycles. The molecule has 0 atom stereocenters. The minimum absolute atomic E-state index is 0.0186. The second kappa shape index (κ2) is 8.32. The zero-order valence-electron chi connectivity index (χ0n) is 18.2. The third-order valence-electron chi connectivity index (χ3n) is 6.75. The number of nitrogens with one attached hydrogen (secondary N) is 1. The summed E-state index contributed by atoms with van der Waals surface area (Å²) in [6.07, 6.45) is 2.04. The molecule has 0 unspecified atom stereocenters. The van der Waals surface area contributed by atoms with E-state index in [-0.39, 0.29) is 35.7 Å². The third-order valence-corrected chi connectivity index (χ3v) is 6.75. The van der Waals surface area contributed by atoms with Crippen LogP contribution in [0.5, 0.6) is 0 Å². The molecule has 0 radical (unpaired) electrons. The number of rotatable bonds is 3. The molecule has 1 aromatic carbocycles. The molecular formula is C23H30N4O4. The summed E-state index contributed by atoms with van der Waals surface area (Å²) in [5, 5.41) is 2.93. The summed E-state index contributed by atoms with van der Waals surface area (Å²) in [5.41, 5.74) is -0.250. The Kier molecular flexibility index (Phi) is 5.73. The van der Waals surface area contributed by atoms with Gasteiger partial charge in [0.05, 0.1) is 0 Å². The predicted molar refractivity (Wildman–Crippen MR) is 114 cm³/mol. The van der Waals surface area contributed by atoms with Gasteiger partial charge in [-0.05, 0) is 37.8 Å². The lowest BCUT2D eigenvalue weighted by molar-refractivity contribution is -0.141. The van der Waals surface area contributed by atoms with Crippen LogP contribution in [0.2, 0.25) is 0 Å². The van der Waals surface area contributed by atoms with Gasteiger partial charge in [-0.15, -0.1) is 0 Å². The van der Waals surface area contributed by atoms with Crippen LogP contribution in [0, 0.1) is 5.92 Å². The van der Waals surface area contributed by atoms with E-state index in [1.54, 1.807) is 21.9 Å². The number of nitrogens with zero attached hydrogens (tertiary/aromatic N) is 3. The number of benzene rings is 1. The molecule has 1 N–H and O–H groups in total. The largest absolute Gasteiger partial charge is 0.342 e. The Hall–Kier alpha value is -2.90. The van der Waals surface area contributed by atoms with Gasteiger partial charge in [0.25, 0.3) is 11.8 Å². The van der Waals surface area contributed by atoms with Crippen LogP contribution >= 0.6 is 0 Å². The van der Waals surface area contributed by atoms with E-state index in [1.807, 2.05) is 32.0 Å². The molecule has 166 valence electrons. The van der Waals surface area contributed by atoms with E-state index in [2.05, 4.69) is 5.32 Å². The lowest BCUT2D eigenvalue weighted by atomic mass is 9.86. The molecule has 8 nitrogen and oxygen atoms in total. The van der Waals surface area contributed by atoms with Gasteiger partial charge >= 0.3 is 6.03 Å². The molecule has 0 aromatic heterocycles. The van der Waals surface area contributed by atoms with Crippen molar-refractivity contribution >= 4 is 23.8 Å². The fourth-order valence-corrected chi connectivity index (χ4v) is 4.88. The maximum absolute atomic E-state index is 13.3. The molecule has 31 heavy (non-hydrogen) atoms. The van der Waals surface area contributed by atoms with Gasteiger partial charge in [0, 0.05) is 43.7 Å². The smallest absolute Gasteiger partial charge is 0.325 e. The average Bonchev–Trinajstić information content (AvgIpc) is 3.03. The molecule has 0 saturated carbocycles. The van der Waals surface area contributed by atoms with Crippen LogP contribution in [-0.4, -0.2) is 76.2 Å². The van der Waals surface area contributed by atoms with Crippen molar-refractivity contribution in [3.63, 3.8) is 0 Å². The quantitative estimate of drug-likeness (QED) is 0.747. The molecule has 0 bridgehead atoms. The first-order valence-corrected chi connectivity index (χ1v) is 11.1. The van der Waals surface area contributed by atoms with Crippen LogP contribution < -0.4 is 5.32 Å². The van der Waals surface area contributed by atoms with Gasteiger partial charge in [0.15, 0.2) is 0 Å². The second-order valence-electron chi connectivity index (χ2n) is 9.06. The molecule has 3 fully saturated rings. The third kappa shape index (κ3) is 3.91. The molecule has 4 rings (SSSR count). The summed E-state index contributed by atoms with van der Waals surface area (Å²) in [5.74, 6) is -0.195. The molecule has 1 aromatic rings. The van der Waals surface area contributed by atoms with E-state index in [0.29, 0.717) is 57.4 Å². The van der Waals surface area contributed by atoms with Crippen LogP contribution in [0.25, 0.3) is 0 Å². The first-order chi connectivity index (χ1) is 14.8. The molecule has 3 heterocycles. The van der Waals surface area contributed by atoms with Crippen molar-refractivity contribution in [3.8, 4) is 0 Å². The highest BCUT2D eigenvalue weighted by Gasteiger charge is 2.54. The highest BCUT2D eigenvalue weighted by Crippen LogP contribution is 2.33. The standard InChI is InChI=1S/C23H30N4O4/c1-16(2)19(28)26-14-10-23(11-15-26)21(30)27(22(31)24-23)18-8-12-25(13-9-18)20(29)17-6-4-3-5-7-17/h3-7,16,18H,8-15H2,1-2H3,(H,24,31). The van der Waals surface area contributed by atoms with E-state index in [4.69, 9.17) is 0 Å². The summed E-state index contributed by atoms with van der Waals surface area (Å²) in [6, 6.07) is 8.60.